The highest BCUT2D eigenvalue weighted by molar-refractivity contribution is 5.36. The minimum Gasteiger partial charge on any atom is -0.489 e. The second kappa shape index (κ2) is 7.32. The summed E-state index contributed by atoms with van der Waals surface area (Å²) in [5.74, 6) is 0.856. The van der Waals surface area contributed by atoms with E-state index in [1.54, 1.807) is 0 Å². The van der Waals surface area contributed by atoms with Gasteiger partial charge in [-0.2, -0.15) is 5.26 Å². The van der Waals surface area contributed by atoms with Crippen LogP contribution in [-0.2, 0) is 6.61 Å². The summed E-state index contributed by atoms with van der Waals surface area (Å²) < 4.78 is 5.90. The van der Waals surface area contributed by atoms with E-state index in [1.165, 1.54) is 0 Å². The molecule has 0 saturated carbocycles. The SMILES string of the molecule is CC(NCC#N)c1ccccc1OCc1ccccc1. The highest BCUT2D eigenvalue weighted by Gasteiger charge is 2.10. The van der Waals surface area contributed by atoms with Gasteiger partial charge in [-0.25, -0.2) is 0 Å². The lowest BCUT2D eigenvalue weighted by Gasteiger charge is -2.17. The minimum absolute atomic E-state index is 0.0848. The van der Waals surface area contributed by atoms with Gasteiger partial charge >= 0.3 is 0 Å². The quantitative estimate of drug-likeness (QED) is 0.815. The third kappa shape index (κ3) is 3.84. The molecule has 2 aromatic rings. The van der Waals surface area contributed by atoms with Crippen LogP contribution in [0.1, 0.15) is 24.1 Å². The zero-order valence-corrected chi connectivity index (χ0v) is 11.5. The summed E-state index contributed by atoms with van der Waals surface area (Å²) in [6, 6.07) is 20.2. The van der Waals surface area contributed by atoms with Gasteiger partial charge in [0.1, 0.15) is 12.4 Å². The molecule has 0 aliphatic rings. The number of ether oxygens (including phenoxy) is 1. The Morgan fingerprint density at radius 3 is 2.55 bits per heavy atom. The maximum absolute atomic E-state index is 8.64. The Kier molecular flexibility index (Phi) is 5.16. The fraction of sp³-hybridized carbons (Fsp3) is 0.235. The van der Waals surface area contributed by atoms with Crippen molar-refractivity contribution in [3.05, 3.63) is 65.7 Å². The monoisotopic (exact) mass is 266 g/mol. The standard InChI is InChI=1S/C17H18N2O/c1-14(19-12-11-18)16-9-5-6-10-17(16)20-13-15-7-3-2-4-8-15/h2-10,14,19H,12-13H2,1H3. The molecule has 20 heavy (non-hydrogen) atoms. The molecule has 0 bridgehead atoms. The van der Waals surface area contributed by atoms with E-state index in [-0.39, 0.29) is 6.04 Å². The number of rotatable bonds is 6. The summed E-state index contributed by atoms with van der Waals surface area (Å²) in [4.78, 5) is 0. The average molecular weight is 266 g/mol. The van der Waals surface area contributed by atoms with Crippen LogP contribution in [0.5, 0.6) is 5.75 Å². The van der Waals surface area contributed by atoms with Crippen LogP contribution in [0, 0.1) is 11.3 Å². The van der Waals surface area contributed by atoms with Gasteiger partial charge in [0.05, 0.1) is 12.6 Å². The predicted molar refractivity (Wildman–Crippen MR) is 79.2 cm³/mol. The van der Waals surface area contributed by atoms with Crippen molar-refractivity contribution in [2.75, 3.05) is 6.54 Å². The highest BCUT2D eigenvalue weighted by Crippen LogP contribution is 2.25. The number of nitrogens with zero attached hydrogens (tertiary/aromatic N) is 1. The normalized spacial score (nSPS) is 11.6. The molecule has 0 saturated heterocycles. The van der Waals surface area contributed by atoms with E-state index >= 15 is 0 Å². The summed E-state index contributed by atoms with van der Waals surface area (Å²) >= 11 is 0. The number of nitriles is 1. The Bertz CT molecular complexity index is 575. The van der Waals surface area contributed by atoms with E-state index in [1.807, 2.05) is 61.5 Å². The molecule has 1 unspecified atom stereocenters. The van der Waals surface area contributed by atoms with Crippen LogP contribution < -0.4 is 10.1 Å². The fourth-order valence-corrected chi connectivity index (χ4v) is 2.01. The van der Waals surface area contributed by atoms with Crippen molar-refractivity contribution in [2.24, 2.45) is 0 Å². The minimum atomic E-state index is 0.0848. The number of hydrogen-bond acceptors (Lipinski definition) is 3. The molecular formula is C17H18N2O. The molecule has 0 aromatic heterocycles. The summed E-state index contributed by atoms with van der Waals surface area (Å²) in [6.07, 6.45) is 0. The Labute approximate surface area is 119 Å². The maximum Gasteiger partial charge on any atom is 0.124 e. The molecule has 102 valence electrons. The smallest absolute Gasteiger partial charge is 0.124 e. The van der Waals surface area contributed by atoms with Crippen LogP contribution in [0.15, 0.2) is 54.6 Å². The lowest BCUT2D eigenvalue weighted by Crippen LogP contribution is -2.19. The van der Waals surface area contributed by atoms with Crippen LogP contribution in [0.2, 0.25) is 0 Å². The Balaban J connectivity index is 2.06. The van der Waals surface area contributed by atoms with E-state index in [9.17, 15) is 0 Å². The van der Waals surface area contributed by atoms with Gasteiger partial charge in [-0.1, -0.05) is 48.5 Å². The zero-order chi connectivity index (χ0) is 14.2. The van der Waals surface area contributed by atoms with Crippen molar-refractivity contribution >= 4 is 0 Å². The molecule has 0 radical (unpaired) electrons. The first-order chi connectivity index (χ1) is 9.81. The van der Waals surface area contributed by atoms with Gasteiger partial charge in [0.25, 0.3) is 0 Å². The first kappa shape index (κ1) is 14.1. The van der Waals surface area contributed by atoms with E-state index in [0.717, 1.165) is 16.9 Å². The number of benzene rings is 2. The lowest BCUT2D eigenvalue weighted by atomic mass is 10.1. The molecule has 1 atom stereocenters. The molecule has 3 nitrogen and oxygen atoms in total. The Morgan fingerprint density at radius 2 is 1.80 bits per heavy atom. The van der Waals surface area contributed by atoms with Crippen LogP contribution >= 0.6 is 0 Å². The van der Waals surface area contributed by atoms with Crippen molar-refractivity contribution < 1.29 is 4.74 Å². The molecule has 0 spiro atoms. The average Bonchev–Trinajstić information content (AvgIpc) is 2.52. The molecule has 3 heteroatoms. The Hall–Kier alpha value is -2.31. The van der Waals surface area contributed by atoms with Gasteiger partial charge < -0.3 is 4.74 Å². The lowest BCUT2D eigenvalue weighted by molar-refractivity contribution is 0.300. The van der Waals surface area contributed by atoms with Gasteiger partial charge in [-0.15, -0.1) is 0 Å². The molecule has 1 N–H and O–H groups in total. The highest BCUT2D eigenvalue weighted by atomic mass is 16.5. The molecule has 0 heterocycles. The predicted octanol–water partition coefficient (Wildman–Crippen LogP) is 3.44. The van der Waals surface area contributed by atoms with Crippen molar-refractivity contribution in [2.45, 2.75) is 19.6 Å². The van der Waals surface area contributed by atoms with Crippen LogP contribution in [0.4, 0.5) is 0 Å². The van der Waals surface area contributed by atoms with E-state index < -0.39 is 0 Å². The van der Waals surface area contributed by atoms with Crippen molar-refractivity contribution in [3.8, 4) is 11.8 Å². The van der Waals surface area contributed by atoms with Crippen LogP contribution in [0.25, 0.3) is 0 Å². The summed E-state index contributed by atoms with van der Waals surface area (Å²) in [5.41, 5.74) is 2.21. The summed E-state index contributed by atoms with van der Waals surface area (Å²) in [5, 5.41) is 11.8. The van der Waals surface area contributed by atoms with Crippen molar-refractivity contribution in [1.29, 1.82) is 5.26 Å². The van der Waals surface area contributed by atoms with Crippen LogP contribution in [0.3, 0.4) is 0 Å². The van der Waals surface area contributed by atoms with Gasteiger partial charge in [0.2, 0.25) is 0 Å². The first-order valence-corrected chi connectivity index (χ1v) is 6.67. The molecule has 0 amide bonds. The molecule has 0 aliphatic heterocycles. The van der Waals surface area contributed by atoms with E-state index in [2.05, 4.69) is 11.4 Å². The van der Waals surface area contributed by atoms with Gasteiger partial charge in [0, 0.05) is 11.6 Å². The molecule has 0 aliphatic carbocycles. The second-order valence-corrected chi connectivity index (χ2v) is 4.57. The first-order valence-electron chi connectivity index (χ1n) is 6.67. The number of hydrogen-bond donors (Lipinski definition) is 1. The third-order valence-electron chi connectivity index (χ3n) is 3.11. The Morgan fingerprint density at radius 1 is 1.10 bits per heavy atom. The van der Waals surface area contributed by atoms with Gasteiger partial charge in [-0.05, 0) is 18.6 Å². The van der Waals surface area contributed by atoms with Gasteiger partial charge in [-0.3, -0.25) is 5.32 Å². The summed E-state index contributed by atoms with van der Waals surface area (Å²) in [6.45, 7) is 2.90. The molecule has 2 aromatic carbocycles. The van der Waals surface area contributed by atoms with Crippen molar-refractivity contribution in [3.63, 3.8) is 0 Å². The zero-order valence-electron chi connectivity index (χ0n) is 11.5. The van der Waals surface area contributed by atoms with E-state index in [4.69, 9.17) is 10.00 Å². The third-order valence-corrected chi connectivity index (χ3v) is 3.11. The largest absolute Gasteiger partial charge is 0.489 e. The fourth-order valence-electron chi connectivity index (χ4n) is 2.01. The molecule has 2 rings (SSSR count). The van der Waals surface area contributed by atoms with Crippen LogP contribution in [-0.4, -0.2) is 6.54 Å². The second-order valence-electron chi connectivity index (χ2n) is 4.57. The maximum atomic E-state index is 8.64. The van der Waals surface area contributed by atoms with Crippen molar-refractivity contribution in [1.82, 2.24) is 5.32 Å². The van der Waals surface area contributed by atoms with Gasteiger partial charge in [0.15, 0.2) is 0 Å². The van der Waals surface area contributed by atoms with E-state index in [0.29, 0.717) is 13.2 Å². The summed E-state index contributed by atoms with van der Waals surface area (Å²) in [7, 11) is 0. The number of nitrogens with one attached hydrogen (secondary N) is 1. The molecule has 0 fully saturated rings. The number of para-hydroxylation sites is 1. The topological polar surface area (TPSA) is 45.0 Å². The molecular weight excluding hydrogens is 248 g/mol.